The van der Waals surface area contributed by atoms with Gasteiger partial charge in [0.1, 0.15) is 5.82 Å². The summed E-state index contributed by atoms with van der Waals surface area (Å²) in [7, 11) is 0. The number of hydrogen-bond donors (Lipinski definition) is 2. The van der Waals surface area contributed by atoms with Gasteiger partial charge in [-0.1, -0.05) is 6.07 Å². The largest absolute Gasteiger partial charge is 0.388 e. The van der Waals surface area contributed by atoms with Crippen LogP contribution in [0.4, 0.5) is 4.39 Å². The van der Waals surface area contributed by atoms with Crippen LogP contribution in [-0.2, 0) is 0 Å². The Morgan fingerprint density at radius 2 is 1.93 bits per heavy atom. The Hall–Kier alpha value is -0.930. The maximum absolute atomic E-state index is 13.4. The van der Waals surface area contributed by atoms with E-state index < -0.39 is 6.10 Å². The lowest BCUT2D eigenvalue weighted by atomic mass is 10.0. The Kier molecular flexibility index (Phi) is 3.61. The molecule has 1 rings (SSSR count). The Morgan fingerprint density at radius 3 is 2.50 bits per heavy atom. The zero-order valence-corrected chi connectivity index (χ0v) is 8.55. The molecule has 0 aliphatic carbocycles. The molecule has 0 aliphatic rings. The average molecular weight is 197 g/mol. The second kappa shape index (κ2) is 4.53. The minimum Gasteiger partial charge on any atom is -0.388 e. The summed E-state index contributed by atoms with van der Waals surface area (Å²) < 4.78 is 13.4. The molecule has 78 valence electrons. The van der Waals surface area contributed by atoms with Crippen LogP contribution in [-0.4, -0.2) is 11.7 Å². The normalized spacial score (nSPS) is 12.9. The van der Waals surface area contributed by atoms with Crippen molar-refractivity contribution in [2.75, 3.05) is 6.54 Å². The molecule has 1 aromatic rings. The van der Waals surface area contributed by atoms with Gasteiger partial charge >= 0.3 is 0 Å². The number of hydrogen-bond acceptors (Lipinski definition) is 2. The van der Waals surface area contributed by atoms with Crippen molar-refractivity contribution in [3.8, 4) is 0 Å². The zero-order chi connectivity index (χ0) is 10.7. The number of aliphatic hydroxyl groups is 1. The van der Waals surface area contributed by atoms with Gasteiger partial charge in [0.15, 0.2) is 0 Å². The van der Waals surface area contributed by atoms with E-state index in [2.05, 4.69) is 0 Å². The van der Waals surface area contributed by atoms with E-state index in [1.54, 1.807) is 6.07 Å². The summed E-state index contributed by atoms with van der Waals surface area (Å²) >= 11 is 0. The van der Waals surface area contributed by atoms with Crippen molar-refractivity contribution in [1.29, 1.82) is 0 Å². The molecule has 1 atom stereocenters. The number of halogens is 1. The summed E-state index contributed by atoms with van der Waals surface area (Å²) in [6.45, 7) is 4.10. The molecule has 0 saturated heterocycles. The molecular formula is C11H16FNO. The summed E-state index contributed by atoms with van der Waals surface area (Å²) in [5.74, 6) is -0.353. The van der Waals surface area contributed by atoms with E-state index >= 15 is 0 Å². The fourth-order valence-corrected chi connectivity index (χ4v) is 1.37. The molecule has 0 spiro atoms. The quantitative estimate of drug-likeness (QED) is 0.776. The van der Waals surface area contributed by atoms with Crippen LogP contribution >= 0.6 is 0 Å². The van der Waals surface area contributed by atoms with Crippen LogP contribution in [0, 0.1) is 19.7 Å². The maximum Gasteiger partial charge on any atom is 0.129 e. The van der Waals surface area contributed by atoms with Crippen LogP contribution in [0.3, 0.4) is 0 Å². The van der Waals surface area contributed by atoms with Crippen LogP contribution in [0.2, 0.25) is 0 Å². The van der Waals surface area contributed by atoms with E-state index in [1.807, 2.05) is 13.8 Å². The van der Waals surface area contributed by atoms with Gasteiger partial charge < -0.3 is 10.8 Å². The lowest BCUT2D eigenvalue weighted by Crippen LogP contribution is -2.08. The predicted molar refractivity (Wildman–Crippen MR) is 54.5 cm³/mol. The Labute approximate surface area is 83.6 Å². The average Bonchev–Trinajstić information content (AvgIpc) is 2.11. The summed E-state index contributed by atoms with van der Waals surface area (Å²) in [4.78, 5) is 0. The van der Waals surface area contributed by atoms with Crippen LogP contribution in [0.5, 0.6) is 0 Å². The molecule has 0 amide bonds. The highest BCUT2D eigenvalue weighted by atomic mass is 19.1. The molecule has 0 bridgehead atoms. The van der Waals surface area contributed by atoms with Crippen molar-refractivity contribution in [2.45, 2.75) is 26.4 Å². The van der Waals surface area contributed by atoms with Gasteiger partial charge in [-0.05, 0) is 44.0 Å². The van der Waals surface area contributed by atoms with Crippen LogP contribution in [0.1, 0.15) is 29.2 Å². The van der Waals surface area contributed by atoms with Crippen LogP contribution in [0.25, 0.3) is 0 Å². The van der Waals surface area contributed by atoms with Crippen molar-refractivity contribution >= 4 is 0 Å². The molecule has 0 saturated carbocycles. The Balaban J connectivity index is 3.02. The fraction of sp³-hybridized carbons (Fsp3) is 0.455. The minimum absolute atomic E-state index is 0.346. The molecule has 0 aromatic heterocycles. The van der Waals surface area contributed by atoms with Crippen molar-refractivity contribution < 1.29 is 9.50 Å². The van der Waals surface area contributed by atoms with E-state index in [0.717, 1.165) is 11.1 Å². The standard InChI is InChI=1S/C11H16FNO/c1-7-5-9(11(14)3-4-13)10(12)6-8(7)2/h5-6,11,14H,3-4,13H2,1-2H3. The number of rotatable bonds is 3. The molecule has 0 fully saturated rings. The minimum atomic E-state index is -0.792. The summed E-state index contributed by atoms with van der Waals surface area (Å²) in [5.41, 5.74) is 7.53. The number of nitrogens with two attached hydrogens (primary N) is 1. The first-order valence-corrected chi connectivity index (χ1v) is 4.71. The van der Waals surface area contributed by atoms with Gasteiger partial charge in [0.25, 0.3) is 0 Å². The second-order valence-corrected chi connectivity index (χ2v) is 3.55. The van der Waals surface area contributed by atoms with Crippen molar-refractivity contribution in [3.05, 3.63) is 34.6 Å². The lowest BCUT2D eigenvalue weighted by molar-refractivity contribution is 0.165. The Morgan fingerprint density at radius 1 is 1.36 bits per heavy atom. The fourth-order valence-electron chi connectivity index (χ4n) is 1.37. The van der Waals surface area contributed by atoms with Gasteiger partial charge in [0.2, 0.25) is 0 Å². The number of aliphatic hydroxyl groups excluding tert-OH is 1. The van der Waals surface area contributed by atoms with Gasteiger partial charge in [-0.15, -0.1) is 0 Å². The van der Waals surface area contributed by atoms with Gasteiger partial charge in [-0.2, -0.15) is 0 Å². The van der Waals surface area contributed by atoms with Gasteiger partial charge in [0.05, 0.1) is 6.10 Å². The summed E-state index contributed by atoms with van der Waals surface area (Å²) in [6.07, 6.45) is -0.404. The van der Waals surface area contributed by atoms with E-state index in [4.69, 9.17) is 5.73 Å². The van der Waals surface area contributed by atoms with E-state index in [1.165, 1.54) is 6.07 Å². The highest BCUT2D eigenvalue weighted by molar-refractivity contribution is 5.32. The predicted octanol–water partition coefficient (Wildman–Crippen LogP) is 1.82. The van der Waals surface area contributed by atoms with Gasteiger partial charge in [-0.25, -0.2) is 4.39 Å². The van der Waals surface area contributed by atoms with Crippen molar-refractivity contribution in [1.82, 2.24) is 0 Å². The number of aryl methyl sites for hydroxylation is 2. The maximum atomic E-state index is 13.4. The zero-order valence-electron chi connectivity index (χ0n) is 8.55. The molecule has 0 heterocycles. The second-order valence-electron chi connectivity index (χ2n) is 3.55. The van der Waals surface area contributed by atoms with Crippen LogP contribution in [0.15, 0.2) is 12.1 Å². The first-order valence-electron chi connectivity index (χ1n) is 4.71. The van der Waals surface area contributed by atoms with Crippen molar-refractivity contribution in [3.63, 3.8) is 0 Å². The molecule has 0 radical (unpaired) electrons. The van der Waals surface area contributed by atoms with Crippen LogP contribution < -0.4 is 5.73 Å². The molecule has 2 nitrogen and oxygen atoms in total. The molecule has 3 heteroatoms. The molecule has 3 N–H and O–H groups in total. The third kappa shape index (κ3) is 2.30. The molecule has 14 heavy (non-hydrogen) atoms. The highest BCUT2D eigenvalue weighted by Gasteiger charge is 2.13. The lowest BCUT2D eigenvalue weighted by Gasteiger charge is -2.12. The molecule has 1 unspecified atom stereocenters. The highest BCUT2D eigenvalue weighted by Crippen LogP contribution is 2.22. The topological polar surface area (TPSA) is 46.2 Å². The molecule has 1 aromatic carbocycles. The molecular weight excluding hydrogens is 181 g/mol. The SMILES string of the molecule is Cc1cc(F)c(C(O)CCN)cc1C. The summed E-state index contributed by atoms with van der Waals surface area (Å²) in [5, 5.41) is 9.60. The van der Waals surface area contributed by atoms with Gasteiger partial charge in [-0.3, -0.25) is 0 Å². The van der Waals surface area contributed by atoms with E-state index in [9.17, 15) is 9.50 Å². The molecule has 0 aliphatic heterocycles. The summed E-state index contributed by atoms with van der Waals surface area (Å²) in [6, 6.07) is 3.13. The monoisotopic (exact) mass is 197 g/mol. The van der Waals surface area contributed by atoms with Crippen molar-refractivity contribution in [2.24, 2.45) is 5.73 Å². The van der Waals surface area contributed by atoms with E-state index in [0.29, 0.717) is 18.5 Å². The Bertz CT molecular complexity index is 325. The first kappa shape index (κ1) is 11.1. The van der Waals surface area contributed by atoms with E-state index in [-0.39, 0.29) is 5.82 Å². The third-order valence-electron chi connectivity index (χ3n) is 2.41. The third-order valence-corrected chi connectivity index (χ3v) is 2.41. The van der Waals surface area contributed by atoms with Gasteiger partial charge in [0, 0.05) is 5.56 Å². The first-order chi connectivity index (χ1) is 6.56. The smallest absolute Gasteiger partial charge is 0.129 e. The number of benzene rings is 1.